The largest absolute Gasteiger partial charge is 0.507 e. The van der Waals surface area contributed by atoms with E-state index in [9.17, 15) is 5.11 Å². The lowest BCUT2D eigenvalue weighted by Crippen LogP contribution is -1.88. The number of anilines is 1. The van der Waals surface area contributed by atoms with Gasteiger partial charge in [-0.1, -0.05) is 29.8 Å². The molecular weight excluding hydrogens is 250 g/mol. The highest BCUT2D eigenvalue weighted by Gasteiger charge is 2.11. The lowest BCUT2D eigenvalue weighted by Gasteiger charge is -2.02. The second-order valence-corrected chi connectivity index (χ2v) is 4.77. The first kappa shape index (κ1) is 12.3. The zero-order valence-corrected chi connectivity index (χ0v) is 11.1. The zero-order valence-electron chi connectivity index (χ0n) is 11.1. The first-order valence-corrected chi connectivity index (χ1v) is 6.35. The highest BCUT2D eigenvalue weighted by molar-refractivity contribution is 5.78. The van der Waals surface area contributed by atoms with Gasteiger partial charge in [-0.3, -0.25) is 5.10 Å². The van der Waals surface area contributed by atoms with Gasteiger partial charge in [0.15, 0.2) is 0 Å². The van der Waals surface area contributed by atoms with Gasteiger partial charge >= 0.3 is 0 Å². The number of nitrogens with one attached hydrogen (secondary N) is 1. The summed E-state index contributed by atoms with van der Waals surface area (Å²) in [4.78, 5) is 0. The number of H-pyrrole nitrogens is 1. The Hall–Kier alpha value is -2.75. The van der Waals surface area contributed by atoms with Gasteiger partial charge in [-0.15, -0.1) is 0 Å². The lowest BCUT2D eigenvalue weighted by molar-refractivity contribution is 0.477. The van der Waals surface area contributed by atoms with Gasteiger partial charge in [-0.05, 0) is 31.2 Å². The molecule has 0 aliphatic rings. The summed E-state index contributed by atoms with van der Waals surface area (Å²) in [5.74, 6) is 0.229. The number of nitrogens with zero attached hydrogens (tertiary/aromatic N) is 1. The van der Waals surface area contributed by atoms with Crippen molar-refractivity contribution < 1.29 is 5.11 Å². The van der Waals surface area contributed by atoms with E-state index >= 15 is 0 Å². The summed E-state index contributed by atoms with van der Waals surface area (Å²) in [7, 11) is 0. The van der Waals surface area contributed by atoms with Crippen molar-refractivity contribution in [3.63, 3.8) is 0 Å². The molecule has 4 N–H and O–H groups in total. The van der Waals surface area contributed by atoms with Gasteiger partial charge in [0.05, 0.1) is 11.4 Å². The number of phenolic OH excluding ortho intramolecular Hbond substituents is 1. The third-order valence-corrected chi connectivity index (χ3v) is 3.26. The van der Waals surface area contributed by atoms with Crippen LogP contribution in [-0.2, 0) is 0 Å². The fourth-order valence-corrected chi connectivity index (χ4v) is 2.19. The molecule has 0 fully saturated rings. The number of aromatic nitrogens is 2. The molecule has 0 aliphatic heterocycles. The van der Waals surface area contributed by atoms with E-state index in [1.165, 1.54) is 0 Å². The molecule has 1 heterocycles. The molecule has 0 saturated carbocycles. The van der Waals surface area contributed by atoms with Crippen LogP contribution < -0.4 is 5.73 Å². The number of nitrogen functional groups attached to an aromatic ring is 1. The highest BCUT2D eigenvalue weighted by atomic mass is 16.3. The molecule has 1 aromatic heterocycles. The molecule has 100 valence electrons. The van der Waals surface area contributed by atoms with E-state index in [2.05, 4.69) is 10.2 Å². The van der Waals surface area contributed by atoms with Gasteiger partial charge in [0, 0.05) is 16.8 Å². The van der Waals surface area contributed by atoms with E-state index < -0.39 is 0 Å². The SMILES string of the molecule is Cc1ccc(O)c(-c2cc(-c3ccccc3N)n[nH]2)c1. The van der Waals surface area contributed by atoms with Crippen LogP contribution in [0.3, 0.4) is 0 Å². The Bertz CT molecular complexity index is 762. The van der Waals surface area contributed by atoms with Gasteiger partial charge in [0.25, 0.3) is 0 Å². The topological polar surface area (TPSA) is 74.9 Å². The number of para-hydroxylation sites is 1. The van der Waals surface area contributed by atoms with E-state index in [1.54, 1.807) is 6.07 Å². The molecule has 4 heteroatoms. The molecule has 4 nitrogen and oxygen atoms in total. The molecule has 0 amide bonds. The molecule has 0 unspecified atom stereocenters. The third-order valence-electron chi connectivity index (χ3n) is 3.26. The maximum absolute atomic E-state index is 9.95. The number of aryl methyl sites for hydroxylation is 1. The third kappa shape index (κ3) is 2.12. The van der Waals surface area contributed by atoms with Gasteiger partial charge in [0.2, 0.25) is 0 Å². The monoisotopic (exact) mass is 265 g/mol. The van der Waals surface area contributed by atoms with Crippen molar-refractivity contribution in [1.82, 2.24) is 10.2 Å². The van der Waals surface area contributed by atoms with Gasteiger partial charge in [-0.25, -0.2) is 0 Å². The molecule has 0 atom stereocenters. The Balaban J connectivity index is 2.07. The molecule has 2 aromatic carbocycles. The second-order valence-electron chi connectivity index (χ2n) is 4.77. The summed E-state index contributed by atoms with van der Waals surface area (Å²) in [5.41, 5.74) is 10.9. The van der Waals surface area contributed by atoms with Crippen LogP contribution >= 0.6 is 0 Å². The normalized spacial score (nSPS) is 10.7. The van der Waals surface area contributed by atoms with E-state index in [1.807, 2.05) is 49.4 Å². The van der Waals surface area contributed by atoms with Crippen LogP contribution in [0.4, 0.5) is 5.69 Å². The molecule has 0 bridgehead atoms. The van der Waals surface area contributed by atoms with Crippen LogP contribution in [0.15, 0.2) is 48.5 Å². The minimum Gasteiger partial charge on any atom is -0.507 e. The van der Waals surface area contributed by atoms with Gasteiger partial charge in [-0.2, -0.15) is 5.10 Å². The molecule has 0 spiro atoms. The van der Waals surface area contributed by atoms with Crippen LogP contribution in [0, 0.1) is 6.92 Å². The van der Waals surface area contributed by atoms with Crippen molar-refractivity contribution in [3.05, 3.63) is 54.1 Å². The number of benzene rings is 2. The van der Waals surface area contributed by atoms with Crippen molar-refractivity contribution in [2.45, 2.75) is 6.92 Å². The number of aromatic amines is 1. The van der Waals surface area contributed by atoms with Crippen molar-refractivity contribution in [1.29, 1.82) is 0 Å². The number of aromatic hydroxyl groups is 1. The fourth-order valence-electron chi connectivity index (χ4n) is 2.19. The van der Waals surface area contributed by atoms with E-state index in [4.69, 9.17) is 5.73 Å². The zero-order chi connectivity index (χ0) is 14.1. The Morgan fingerprint density at radius 1 is 1.05 bits per heavy atom. The molecule has 0 saturated heterocycles. The van der Waals surface area contributed by atoms with Crippen molar-refractivity contribution in [3.8, 4) is 28.3 Å². The minimum absolute atomic E-state index is 0.229. The maximum atomic E-state index is 9.95. The number of hydrogen-bond donors (Lipinski definition) is 3. The highest BCUT2D eigenvalue weighted by Crippen LogP contribution is 2.32. The molecule has 0 aliphatic carbocycles. The fraction of sp³-hybridized carbons (Fsp3) is 0.0625. The molecule has 0 radical (unpaired) electrons. The quantitative estimate of drug-likeness (QED) is 0.622. The number of nitrogens with two attached hydrogens (primary N) is 1. The summed E-state index contributed by atoms with van der Waals surface area (Å²) < 4.78 is 0. The summed E-state index contributed by atoms with van der Waals surface area (Å²) in [6.07, 6.45) is 0. The van der Waals surface area contributed by atoms with Crippen LogP contribution in [0.2, 0.25) is 0 Å². The van der Waals surface area contributed by atoms with Gasteiger partial charge in [0.1, 0.15) is 5.75 Å². The Labute approximate surface area is 116 Å². The van der Waals surface area contributed by atoms with Crippen molar-refractivity contribution in [2.24, 2.45) is 0 Å². The molecule has 3 aromatic rings. The summed E-state index contributed by atoms with van der Waals surface area (Å²) in [6.45, 7) is 1.98. The smallest absolute Gasteiger partial charge is 0.124 e. The molecule has 20 heavy (non-hydrogen) atoms. The summed E-state index contributed by atoms with van der Waals surface area (Å²) in [5, 5.41) is 17.2. The maximum Gasteiger partial charge on any atom is 0.124 e. The molecule has 3 rings (SSSR count). The molecular formula is C16H15N3O. The predicted octanol–water partition coefficient (Wildman–Crippen LogP) is 3.34. The first-order valence-electron chi connectivity index (χ1n) is 6.35. The van der Waals surface area contributed by atoms with E-state index in [0.29, 0.717) is 5.69 Å². The lowest BCUT2D eigenvalue weighted by atomic mass is 10.1. The minimum atomic E-state index is 0.229. The van der Waals surface area contributed by atoms with E-state index in [-0.39, 0.29) is 5.75 Å². The average molecular weight is 265 g/mol. The number of hydrogen-bond acceptors (Lipinski definition) is 3. The van der Waals surface area contributed by atoms with Crippen molar-refractivity contribution in [2.75, 3.05) is 5.73 Å². The van der Waals surface area contributed by atoms with Crippen LogP contribution in [0.1, 0.15) is 5.56 Å². The summed E-state index contributed by atoms with van der Waals surface area (Å²) >= 11 is 0. The van der Waals surface area contributed by atoms with Crippen LogP contribution in [-0.4, -0.2) is 15.3 Å². The Morgan fingerprint density at radius 2 is 1.85 bits per heavy atom. The summed E-state index contributed by atoms with van der Waals surface area (Å²) in [6, 6.07) is 14.9. The predicted molar refractivity (Wildman–Crippen MR) is 80.3 cm³/mol. The van der Waals surface area contributed by atoms with Crippen LogP contribution in [0.25, 0.3) is 22.5 Å². The standard InChI is InChI=1S/C16H15N3O/c1-10-6-7-16(20)12(8-10)15-9-14(18-19-15)11-4-2-3-5-13(11)17/h2-9,20H,17H2,1H3,(H,18,19). The Kier molecular flexibility index (Phi) is 2.91. The average Bonchev–Trinajstić information content (AvgIpc) is 2.91. The second kappa shape index (κ2) is 4.74. The number of rotatable bonds is 2. The van der Waals surface area contributed by atoms with E-state index in [0.717, 1.165) is 28.1 Å². The van der Waals surface area contributed by atoms with Gasteiger partial charge < -0.3 is 10.8 Å². The van der Waals surface area contributed by atoms with Crippen molar-refractivity contribution >= 4 is 5.69 Å². The van der Waals surface area contributed by atoms with Crippen LogP contribution in [0.5, 0.6) is 5.75 Å². The first-order chi connectivity index (χ1) is 9.65. The number of phenols is 1. The Morgan fingerprint density at radius 3 is 2.65 bits per heavy atom.